The molecule has 0 amide bonds. The van der Waals surface area contributed by atoms with Crippen molar-refractivity contribution in [1.82, 2.24) is 14.7 Å². The van der Waals surface area contributed by atoms with Gasteiger partial charge >= 0.3 is 5.97 Å². The summed E-state index contributed by atoms with van der Waals surface area (Å²) >= 11 is 0. The van der Waals surface area contributed by atoms with Gasteiger partial charge in [-0.3, -0.25) is 0 Å². The van der Waals surface area contributed by atoms with Crippen LogP contribution in [0, 0.1) is 6.92 Å². The second-order valence-electron chi connectivity index (χ2n) is 5.82. The number of nitrogens with one attached hydrogen (secondary N) is 1. The summed E-state index contributed by atoms with van der Waals surface area (Å²) in [7, 11) is -3.59. The summed E-state index contributed by atoms with van der Waals surface area (Å²) in [6, 6.07) is 17.0. The minimum Gasteiger partial charge on any atom is -0.478 e. The topological polar surface area (TPSA) is 135 Å². The van der Waals surface area contributed by atoms with Crippen molar-refractivity contribution in [1.29, 1.82) is 0 Å². The highest BCUT2D eigenvalue weighted by Crippen LogP contribution is 2.12. The summed E-state index contributed by atoms with van der Waals surface area (Å²) in [5.41, 5.74) is 2.95. The SMILES string of the molecule is Cc1cccc(CNS(N)(=O)=O)c1.O=C(O)c1cnc(-c2ccccc2)nc1. The molecule has 0 radical (unpaired) electrons. The fraction of sp³-hybridized carbons (Fsp3) is 0.105. The molecule has 28 heavy (non-hydrogen) atoms. The van der Waals surface area contributed by atoms with Crippen molar-refractivity contribution >= 4 is 16.2 Å². The smallest absolute Gasteiger partial charge is 0.338 e. The van der Waals surface area contributed by atoms with Gasteiger partial charge in [-0.15, -0.1) is 0 Å². The molecule has 0 saturated carbocycles. The zero-order chi connectivity index (χ0) is 20.6. The number of carboxylic acid groups (broad SMARTS) is 1. The fourth-order valence-electron chi connectivity index (χ4n) is 2.18. The van der Waals surface area contributed by atoms with Crippen molar-refractivity contribution in [2.75, 3.05) is 0 Å². The molecule has 2 aromatic carbocycles. The Morgan fingerprint density at radius 2 is 1.71 bits per heavy atom. The van der Waals surface area contributed by atoms with Crippen LogP contribution < -0.4 is 9.86 Å². The third-order valence-corrected chi connectivity index (χ3v) is 4.04. The van der Waals surface area contributed by atoms with E-state index >= 15 is 0 Å². The monoisotopic (exact) mass is 400 g/mol. The number of carbonyl (C=O) groups is 1. The number of nitrogens with two attached hydrogens (primary N) is 1. The number of aromatic carboxylic acids is 1. The molecule has 0 aliphatic heterocycles. The molecule has 8 nitrogen and oxygen atoms in total. The first kappa shape index (κ1) is 21.2. The lowest BCUT2D eigenvalue weighted by molar-refractivity contribution is 0.0696. The van der Waals surface area contributed by atoms with Crippen LogP contribution in [-0.4, -0.2) is 29.5 Å². The molecule has 0 aliphatic carbocycles. The van der Waals surface area contributed by atoms with Gasteiger partial charge in [-0.25, -0.2) is 19.9 Å². The molecule has 4 N–H and O–H groups in total. The van der Waals surface area contributed by atoms with E-state index in [0.717, 1.165) is 16.7 Å². The minimum atomic E-state index is -3.59. The van der Waals surface area contributed by atoms with Crippen molar-refractivity contribution < 1.29 is 18.3 Å². The van der Waals surface area contributed by atoms with E-state index in [9.17, 15) is 13.2 Å². The van der Waals surface area contributed by atoms with E-state index in [1.807, 2.05) is 61.5 Å². The van der Waals surface area contributed by atoms with E-state index in [0.29, 0.717) is 5.82 Å². The Kier molecular flexibility index (Phi) is 7.33. The van der Waals surface area contributed by atoms with Crippen LogP contribution in [0.25, 0.3) is 11.4 Å². The number of aromatic nitrogens is 2. The molecular formula is C19H20N4O4S. The maximum absolute atomic E-state index is 10.6. The Labute approximate surface area is 163 Å². The highest BCUT2D eigenvalue weighted by molar-refractivity contribution is 7.87. The van der Waals surface area contributed by atoms with Crippen molar-refractivity contribution in [3.8, 4) is 11.4 Å². The summed E-state index contributed by atoms with van der Waals surface area (Å²) in [4.78, 5) is 18.5. The number of hydrogen-bond donors (Lipinski definition) is 3. The van der Waals surface area contributed by atoms with E-state index in [1.165, 1.54) is 12.4 Å². The largest absolute Gasteiger partial charge is 0.478 e. The molecule has 0 bridgehead atoms. The molecule has 0 spiro atoms. The molecule has 0 saturated heterocycles. The van der Waals surface area contributed by atoms with Gasteiger partial charge in [0.15, 0.2) is 5.82 Å². The van der Waals surface area contributed by atoms with Gasteiger partial charge in [-0.05, 0) is 12.5 Å². The average molecular weight is 400 g/mol. The molecule has 0 atom stereocenters. The van der Waals surface area contributed by atoms with Crippen molar-refractivity contribution in [2.24, 2.45) is 5.14 Å². The minimum absolute atomic E-state index is 0.0923. The molecule has 3 aromatic rings. The fourth-order valence-corrected chi connectivity index (χ4v) is 2.55. The summed E-state index contributed by atoms with van der Waals surface area (Å²) in [5, 5.41) is 13.4. The number of hydrogen-bond acceptors (Lipinski definition) is 5. The van der Waals surface area contributed by atoms with Crippen LogP contribution in [0.4, 0.5) is 0 Å². The molecule has 1 aromatic heterocycles. The highest BCUT2D eigenvalue weighted by Gasteiger charge is 2.05. The highest BCUT2D eigenvalue weighted by atomic mass is 32.2. The zero-order valence-electron chi connectivity index (χ0n) is 15.1. The Morgan fingerprint density at radius 3 is 2.25 bits per heavy atom. The van der Waals surface area contributed by atoms with Crippen LogP contribution in [0.5, 0.6) is 0 Å². The van der Waals surface area contributed by atoms with Gasteiger partial charge in [-0.2, -0.15) is 13.1 Å². The lowest BCUT2D eigenvalue weighted by Crippen LogP contribution is -2.30. The van der Waals surface area contributed by atoms with E-state index in [2.05, 4.69) is 14.7 Å². The predicted molar refractivity (Wildman–Crippen MR) is 106 cm³/mol. The first-order valence-electron chi connectivity index (χ1n) is 8.18. The maximum Gasteiger partial charge on any atom is 0.338 e. The van der Waals surface area contributed by atoms with Crippen molar-refractivity contribution in [3.63, 3.8) is 0 Å². The number of benzene rings is 2. The van der Waals surface area contributed by atoms with Gasteiger partial charge < -0.3 is 5.11 Å². The van der Waals surface area contributed by atoms with Gasteiger partial charge in [0.1, 0.15) is 0 Å². The normalized spacial score (nSPS) is 10.6. The van der Waals surface area contributed by atoms with E-state index in [4.69, 9.17) is 10.2 Å². The number of nitrogens with zero attached hydrogens (tertiary/aromatic N) is 2. The average Bonchev–Trinajstić information content (AvgIpc) is 2.67. The summed E-state index contributed by atoms with van der Waals surface area (Å²) < 4.78 is 23.3. The third kappa shape index (κ3) is 7.23. The molecule has 1 heterocycles. The molecule has 3 rings (SSSR count). The second kappa shape index (κ2) is 9.70. The van der Waals surface area contributed by atoms with Gasteiger partial charge in [0, 0.05) is 24.5 Å². The van der Waals surface area contributed by atoms with Crippen molar-refractivity contribution in [3.05, 3.63) is 83.7 Å². The first-order valence-corrected chi connectivity index (χ1v) is 9.73. The Bertz CT molecular complexity index is 1020. The number of rotatable bonds is 5. The quantitative estimate of drug-likeness (QED) is 0.600. The summed E-state index contributed by atoms with van der Waals surface area (Å²) in [6.45, 7) is 2.18. The third-order valence-electron chi connectivity index (χ3n) is 3.49. The van der Waals surface area contributed by atoms with E-state index in [1.54, 1.807) is 0 Å². The lowest BCUT2D eigenvalue weighted by atomic mass is 10.1. The van der Waals surface area contributed by atoms with Crippen molar-refractivity contribution in [2.45, 2.75) is 13.5 Å². The summed E-state index contributed by atoms with van der Waals surface area (Å²) in [5.74, 6) is -0.491. The van der Waals surface area contributed by atoms with E-state index < -0.39 is 16.2 Å². The molecule has 0 unspecified atom stereocenters. The lowest BCUT2D eigenvalue weighted by Gasteiger charge is -2.02. The van der Waals surface area contributed by atoms with Crippen LogP contribution in [0.15, 0.2) is 67.0 Å². The Balaban J connectivity index is 0.000000203. The molecule has 0 fully saturated rings. The summed E-state index contributed by atoms with van der Waals surface area (Å²) in [6.07, 6.45) is 2.61. The van der Waals surface area contributed by atoms with Crippen LogP contribution in [0.3, 0.4) is 0 Å². The van der Waals surface area contributed by atoms with Crippen LogP contribution >= 0.6 is 0 Å². The van der Waals surface area contributed by atoms with Crippen LogP contribution in [0.1, 0.15) is 21.5 Å². The molecule has 9 heteroatoms. The van der Waals surface area contributed by atoms with Crippen LogP contribution in [0.2, 0.25) is 0 Å². The maximum atomic E-state index is 10.6. The van der Waals surface area contributed by atoms with Gasteiger partial charge in [-0.1, -0.05) is 60.2 Å². The van der Waals surface area contributed by atoms with Gasteiger partial charge in [0.05, 0.1) is 5.56 Å². The Morgan fingerprint density at radius 1 is 1.07 bits per heavy atom. The molecule has 0 aliphatic rings. The van der Waals surface area contributed by atoms with Gasteiger partial charge in [0.25, 0.3) is 10.2 Å². The van der Waals surface area contributed by atoms with E-state index in [-0.39, 0.29) is 12.1 Å². The zero-order valence-corrected chi connectivity index (χ0v) is 15.9. The Hall–Kier alpha value is -3.14. The number of carboxylic acids is 1. The first-order chi connectivity index (χ1) is 13.2. The standard InChI is InChI=1S/C11H8N2O2.C8H12N2O2S/c14-11(15)9-6-12-10(13-7-9)8-4-2-1-3-5-8;1-7-3-2-4-8(5-7)6-10-13(9,11)12/h1-7H,(H,14,15);2-5,10H,6H2,1H3,(H2,9,11,12). The van der Waals surface area contributed by atoms with Crippen LogP contribution in [-0.2, 0) is 16.8 Å². The predicted octanol–water partition coefficient (Wildman–Crippen LogP) is 2.13. The van der Waals surface area contributed by atoms with Gasteiger partial charge in [0.2, 0.25) is 0 Å². The second-order valence-corrected chi connectivity index (χ2v) is 7.20. The number of aryl methyl sites for hydroxylation is 1. The molecule has 146 valence electrons. The molecular weight excluding hydrogens is 380 g/mol.